The highest BCUT2D eigenvalue weighted by atomic mass is 32.1. The summed E-state index contributed by atoms with van der Waals surface area (Å²) in [5, 5.41) is 3.86. The van der Waals surface area contributed by atoms with Crippen molar-refractivity contribution in [3.05, 3.63) is 58.6 Å². The third-order valence-corrected chi connectivity index (χ3v) is 3.49. The van der Waals surface area contributed by atoms with Gasteiger partial charge in [0.1, 0.15) is 12.4 Å². The summed E-state index contributed by atoms with van der Waals surface area (Å²) >= 11 is 1.58. The minimum Gasteiger partial charge on any atom is -0.490 e. The largest absolute Gasteiger partial charge is 0.490 e. The molecule has 104 valence electrons. The zero-order valence-electron chi connectivity index (χ0n) is 11.3. The van der Waals surface area contributed by atoms with Gasteiger partial charge in [0.25, 0.3) is 5.91 Å². The smallest absolute Gasteiger partial charge is 0.251 e. The number of ether oxygens (including phenoxy) is 1. The van der Waals surface area contributed by atoms with E-state index in [4.69, 9.17) is 4.74 Å². The van der Waals surface area contributed by atoms with Crippen molar-refractivity contribution in [2.75, 3.05) is 6.61 Å². The van der Waals surface area contributed by atoms with Crippen molar-refractivity contribution in [3.8, 4) is 5.75 Å². The van der Waals surface area contributed by atoms with E-state index in [0.717, 1.165) is 15.6 Å². The average Bonchev–Trinajstić information content (AvgIpc) is 2.89. The highest BCUT2D eigenvalue weighted by Gasteiger charge is 2.06. The van der Waals surface area contributed by atoms with Gasteiger partial charge in [-0.15, -0.1) is 11.3 Å². The Morgan fingerprint density at radius 3 is 2.80 bits per heavy atom. The second-order valence-electron chi connectivity index (χ2n) is 4.15. The SMILES string of the molecule is C=CCOc1ccc(C(=O)NCc2cnc(C)s2)cc1. The number of hydrogen-bond donors (Lipinski definition) is 1. The van der Waals surface area contributed by atoms with Crippen LogP contribution in [0.25, 0.3) is 0 Å². The lowest BCUT2D eigenvalue weighted by atomic mass is 10.2. The number of aryl methyl sites for hydroxylation is 1. The predicted molar refractivity (Wildman–Crippen MR) is 80.2 cm³/mol. The fraction of sp³-hybridized carbons (Fsp3) is 0.200. The summed E-state index contributed by atoms with van der Waals surface area (Å²) in [6, 6.07) is 7.03. The van der Waals surface area contributed by atoms with E-state index in [1.165, 1.54) is 0 Å². The number of carbonyl (C=O) groups is 1. The van der Waals surface area contributed by atoms with Crippen molar-refractivity contribution in [2.45, 2.75) is 13.5 Å². The predicted octanol–water partition coefficient (Wildman–Crippen LogP) is 2.95. The van der Waals surface area contributed by atoms with Gasteiger partial charge in [-0.25, -0.2) is 4.98 Å². The molecular formula is C15H16N2O2S. The van der Waals surface area contributed by atoms with Gasteiger partial charge in [-0.3, -0.25) is 4.79 Å². The molecule has 0 aliphatic heterocycles. The maximum Gasteiger partial charge on any atom is 0.251 e. The molecule has 4 nitrogen and oxygen atoms in total. The van der Waals surface area contributed by atoms with Crippen LogP contribution in [0.5, 0.6) is 5.75 Å². The van der Waals surface area contributed by atoms with Crippen LogP contribution in [0, 0.1) is 6.92 Å². The quantitative estimate of drug-likeness (QED) is 0.831. The lowest BCUT2D eigenvalue weighted by Gasteiger charge is -2.06. The van der Waals surface area contributed by atoms with E-state index in [1.807, 2.05) is 6.92 Å². The van der Waals surface area contributed by atoms with Crippen LogP contribution in [0.2, 0.25) is 0 Å². The average molecular weight is 288 g/mol. The lowest BCUT2D eigenvalue weighted by molar-refractivity contribution is 0.0951. The Balaban J connectivity index is 1.90. The van der Waals surface area contributed by atoms with Gasteiger partial charge in [-0.1, -0.05) is 12.7 Å². The minimum absolute atomic E-state index is 0.105. The molecule has 0 aliphatic rings. The molecule has 2 rings (SSSR count). The van der Waals surface area contributed by atoms with Crippen molar-refractivity contribution in [1.29, 1.82) is 0 Å². The van der Waals surface area contributed by atoms with Crippen LogP contribution >= 0.6 is 11.3 Å². The van der Waals surface area contributed by atoms with Crippen molar-refractivity contribution < 1.29 is 9.53 Å². The molecule has 0 saturated heterocycles. The molecular weight excluding hydrogens is 272 g/mol. The molecule has 1 N–H and O–H groups in total. The van der Waals surface area contributed by atoms with Gasteiger partial charge >= 0.3 is 0 Å². The standard InChI is InChI=1S/C15H16N2O2S/c1-3-8-19-13-6-4-12(5-7-13)15(18)17-10-14-9-16-11(2)20-14/h3-7,9H,1,8,10H2,2H3,(H,17,18). The van der Waals surface area contributed by atoms with Crippen LogP contribution in [0.3, 0.4) is 0 Å². The number of rotatable bonds is 6. The van der Waals surface area contributed by atoms with Crippen LogP contribution < -0.4 is 10.1 Å². The van der Waals surface area contributed by atoms with Crippen LogP contribution in [0.15, 0.2) is 43.1 Å². The molecule has 5 heteroatoms. The van der Waals surface area contributed by atoms with Crippen molar-refractivity contribution >= 4 is 17.2 Å². The van der Waals surface area contributed by atoms with Crippen molar-refractivity contribution in [2.24, 2.45) is 0 Å². The van der Waals surface area contributed by atoms with Crippen LogP contribution in [0.4, 0.5) is 0 Å². The topological polar surface area (TPSA) is 51.2 Å². The Hall–Kier alpha value is -2.14. The first-order chi connectivity index (χ1) is 9.69. The molecule has 1 aromatic carbocycles. The summed E-state index contributed by atoms with van der Waals surface area (Å²) in [5.74, 6) is 0.617. The van der Waals surface area contributed by atoms with Gasteiger partial charge in [0.05, 0.1) is 11.6 Å². The fourth-order valence-electron chi connectivity index (χ4n) is 1.61. The number of aromatic nitrogens is 1. The van der Waals surface area contributed by atoms with E-state index in [-0.39, 0.29) is 5.91 Å². The Bertz CT molecular complexity index is 590. The third kappa shape index (κ3) is 3.93. The molecule has 0 radical (unpaired) electrons. The van der Waals surface area contributed by atoms with E-state index in [0.29, 0.717) is 18.7 Å². The number of amides is 1. The highest BCUT2D eigenvalue weighted by Crippen LogP contribution is 2.13. The lowest BCUT2D eigenvalue weighted by Crippen LogP contribution is -2.22. The summed E-state index contributed by atoms with van der Waals surface area (Å²) in [4.78, 5) is 17.2. The Morgan fingerprint density at radius 2 is 2.20 bits per heavy atom. The number of nitrogens with zero attached hydrogens (tertiary/aromatic N) is 1. The van der Waals surface area contributed by atoms with Gasteiger partial charge < -0.3 is 10.1 Å². The number of thiazole rings is 1. The first-order valence-corrected chi connectivity index (χ1v) is 7.04. The molecule has 0 saturated carbocycles. The molecule has 0 spiro atoms. The van der Waals surface area contributed by atoms with E-state index in [2.05, 4.69) is 16.9 Å². The zero-order valence-corrected chi connectivity index (χ0v) is 12.1. The van der Waals surface area contributed by atoms with E-state index >= 15 is 0 Å². The van der Waals surface area contributed by atoms with Gasteiger partial charge in [0, 0.05) is 16.6 Å². The monoisotopic (exact) mass is 288 g/mol. The molecule has 0 atom stereocenters. The van der Waals surface area contributed by atoms with Crippen LogP contribution in [-0.2, 0) is 6.54 Å². The fourth-order valence-corrected chi connectivity index (χ4v) is 2.35. The first-order valence-electron chi connectivity index (χ1n) is 6.22. The number of benzene rings is 1. The molecule has 0 unspecified atom stereocenters. The third-order valence-electron chi connectivity index (χ3n) is 2.58. The zero-order chi connectivity index (χ0) is 14.4. The van der Waals surface area contributed by atoms with Crippen LogP contribution in [-0.4, -0.2) is 17.5 Å². The van der Waals surface area contributed by atoms with E-state index in [9.17, 15) is 4.79 Å². The Morgan fingerprint density at radius 1 is 1.45 bits per heavy atom. The van der Waals surface area contributed by atoms with Crippen molar-refractivity contribution in [1.82, 2.24) is 10.3 Å². The van der Waals surface area contributed by atoms with Crippen molar-refractivity contribution in [3.63, 3.8) is 0 Å². The highest BCUT2D eigenvalue weighted by molar-refractivity contribution is 7.11. The number of nitrogens with one attached hydrogen (secondary N) is 1. The molecule has 20 heavy (non-hydrogen) atoms. The van der Waals surface area contributed by atoms with E-state index in [1.54, 1.807) is 47.9 Å². The number of hydrogen-bond acceptors (Lipinski definition) is 4. The number of carbonyl (C=O) groups excluding carboxylic acids is 1. The molecule has 0 fully saturated rings. The molecule has 2 aromatic rings. The maximum absolute atomic E-state index is 12.0. The second-order valence-corrected chi connectivity index (χ2v) is 5.47. The molecule has 1 amide bonds. The molecule has 1 heterocycles. The molecule has 0 bridgehead atoms. The van der Waals surface area contributed by atoms with Gasteiger partial charge in [0.2, 0.25) is 0 Å². The summed E-state index contributed by atoms with van der Waals surface area (Å²) in [6.45, 7) is 6.48. The normalized spacial score (nSPS) is 10.1. The van der Waals surface area contributed by atoms with E-state index < -0.39 is 0 Å². The van der Waals surface area contributed by atoms with Gasteiger partial charge in [-0.2, -0.15) is 0 Å². The summed E-state index contributed by atoms with van der Waals surface area (Å²) in [5.41, 5.74) is 0.609. The maximum atomic E-state index is 12.0. The molecule has 0 aliphatic carbocycles. The summed E-state index contributed by atoms with van der Waals surface area (Å²) in [7, 11) is 0. The van der Waals surface area contributed by atoms with Crippen LogP contribution in [0.1, 0.15) is 20.2 Å². The molecule has 1 aromatic heterocycles. The minimum atomic E-state index is -0.105. The second kappa shape index (κ2) is 6.86. The van der Waals surface area contributed by atoms with Gasteiger partial charge in [0.15, 0.2) is 0 Å². The van der Waals surface area contributed by atoms with Gasteiger partial charge in [-0.05, 0) is 31.2 Å². The summed E-state index contributed by atoms with van der Waals surface area (Å²) in [6.07, 6.45) is 3.46. The first kappa shape index (κ1) is 14.3. The Kier molecular flexibility index (Phi) is 4.90. The Labute approximate surface area is 122 Å². The summed E-state index contributed by atoms with van der Waals surface area (Å²) < 4.78 is 5.37.